The first-order valence-electron chi connectivity index (χ1n) is 9.44. The molecule has 0 spiro atoms. The van der Waals surface area contributed by atoms with Crippen molar-refractivity contribution in [2.75, 3.05) is 26.2 Å². The van der Waals surface area contributed by atoms with Crippen molar-refractivity contribution in [2.45, 2.75) is 25.4 Å². The number of rotatable bonds is 3. The van der Waals surface area contributed by atoms with Gasteiger partial charge in [0.1, 0.15) is 0 Å². The largest absolute Gasteiger partial charge is 0.348 e. The zero-order chi connectivity index (χ0) is 17.9. The van der Waals surface area contributed by atoms with Crippen molar-refractivity contribution in [1.29, 1.82) is 0 Å². The summed E-state index contributed by atoms with van der Waals surface area (Å²) in [4.78, 5) is 17.8. The molecule has 0 bridgehead atoms. The van der Waals surface area contributed by atoms with E-state index >= 15 is 0 Å². The van der Waals surface area contributed by atoms with Gasteiger partial charge in [-0.05, 0) is 43.6 Å². The first kappa shape index (κ1) is 16.9. The Bertz CT molecular complexity index is 796. The van der Waals surface area contributed by atoms with Gasteiger partial charge in [0.15, 0.2) is 0 Å². The van der Waals surface area contributed by atoms with Crippen molar-refractivity contribution in [2.24, 2.45) is 5.92 Å². The Hall–Kier alpha value is -2.51. The number of nitrogens with zero attached hydrogens (tertiary/aromatic N) is 3. The van der Waals surface area contributed by atoms with E-state index in [1.54, 1.807) is 0 Å². The number of amides is 1. The number of fused-ring (bicyclic) bond motifs is 1. The molecule has 0 radical (unpaired) electrons. The normalized spacial score (nSPS) is 21.2. The van der Waals surface area contributed by atoms with Crippen LogP contribution in [0, 0.1) is 18.3 Å². The Morgan fingerprint density at radius 2 is 1.81 bits per heavy atom. The molecule has 4 rings (SSSR count). The highest BCUT2D eigenvalue weighted by molar-refractivity contribution is 5.80. The monoisotopic (exact) mass is 347 g/mol. The van der Waals surface area contributed by atoms with Gasteiger partial charge < -0.3 is 9.47 Å². The smallest absolute Gasteiger partial charge is 0.226 e. The molecule has 3 heterocycles. The van der Waals surface area contributed by atoms with Gasteiger partial charge in [-0.3, -0.25) is 9.69 Å². The van der Waals surface area contributed by atoms with Gasteiger partial charge in [0.05, 0.1) is 12.6 Å². The third-order valence-electron chi connectivity index (χ3n) is 5.69. The summed E-state index contributed by atoms with van der Waals surface area (Å²) in [5.74, 6) is 3.12. The topological polar surface area (TPSA) is 28.5 Å². The van der Waals surface area contributed by atoms with Gasteiger partial charge in [0, 0.05) is 30.9 Å². The molecule has 0 aliphatic carbocycles. The van der Waals surface area contributed by atoms with Gasteiger partial charge in [0.25, 0.3) is 0 Å². The van der Waals surface area contributed by atoms with E-state index in [1.165, 1.54) is 11.3 Å². The SMILES string of the molecule is C#CCN1CCC(C(=O)N2CCn3cccc3[C@H]2c2ccccc2)CC1. The van der Waals surface area contributed by atoms with Crippen LogP contribution in [-0.4, -0.2) is 46.5 Å². The summed E-state index contributed by atoms with van der Waals surface area (Å²) in [6.45, 7) is 4.16. The van der Waals surface area contributed by atoms with Crippen LogP contribution in [0.15, 0.2) is 48.7 Å². The molecule has 2 aliphatic heterocycles. The molecular weight excluding hydrogens is 322 g/mol. The summed E-state index contributed by atoms with van der Waals surface area (Å²) >= 11 is 0. The molecule has 1 aromatic heterocycles. The molecule has 4 nitrogen and oxygen atoms in total. The van der Waals surface area contributed by atoms with Gasteiger partial charge in [-0.25, -0.2) is 0 Å². The third kappa shape index (κ3) is 3.15. The molecule has 1 aromatic carbocycles. The van der Waals surface area contributed by atoms with Crippen molar-refractivity contribution in [3.05, 3.63) is 59.9 Å². The third-order valence-corrected chi connectivity index (χ3v) is 5.69. The lowest BCUT2D eigenvalue weighted by molar-refractivity contribution is -0.139. The summed E-state index contributed by atoms with van der Waals surface area (Å²) in [6.07, 6.45) is 9.34. The van der Waals surface area contributed by atoms with Crippen molar-refractivity contribution in [1.82, 2.24) is 14.4 Å². The quantitative estimate of drug-likeness (QED) is 0.799. The standard InChI is InChI=1S/C22H25N3O/c1-2-12-23-14-10-19(11-15-23)22(26)25-17-16-24-13-6-9-20(24)21(25)18-7-4-3-5-8-18/h1,3-9,13,19,21H,10-12,14-17H2/t21-/m1/s1. The summed E-state index contributed by atoms with van der Waals surface area (Å²) < 4.78 is 2.27. The van der Waals surface area contributed by atoms with Gasteiger partial charge in [0.2, 0.25) is 5.91 Å². The molecule has 4 heteroatoms. The van der Waals surface area contributed by atoms with Gasteiger partial charge in [-0.1, -0.05) is 36.3 Å². The summed E-state index contributed by atoms with van der Waals surface area (Å²) in [6, 6.07) is 14.6. The highest BCUT2D eigenvalue weighted by Crippen LogP contribution is 2.34. The predicted molar refractivity (Wildman–Crippen MR) is 102 cm³/mol. The highest BCUT2D eigenvalue weighted by Gasteiger charge is 2.36. The van der Waals surface area contributed by atoms with E-state index in [-0.39, 0.29) is 12.0 Å². The van der Waals surface area contributed by atoms with E-state index < -0.39 is 0 Å². The van der Waals surface area contributed by atoms with Crippen molar-refractivity contribution in [3.8, 4) is 12.3 Å². The zero-order valence-corrected chi connectivity index (χ0v) is 15.1. The Morgan fingerprint density at radius 1 is 1.04 bits per heavy atom. The minimum absolute atomic E-state index is 0.0104. The van der Waals surface area contributed by atoms with Crippen molar-refractivity contribution in [3.63, 3.8) is 0 Å². The lowest BCUT2D eigenvalue weighted by atomic mass is 9.92. The van der Waals surface area contributed by atoms with Crippen molar-refractivity contribution < 1.29 is 4.79 Å². The Kier molecular flexibility index (Phi) is 4.81. The number of carbonyl (C=O) groups excluding carboxylic acids is 1. The van der Waals surface area contributed by atoms with E-state index in [4.69, 9.17) is 6.42 Å². The van der Waals surface area contributed by atoms with Crippen molar-refractivity contribution >= 4 is 5.91 Å². The second kappa shape index (κ2) is 7.39. The molecule has 0 N–H and O–H groups in total. The molecular formula is C22H25N3O. The molecule has 0 unspecified atom stereocenters. The van der Waals surface area contributed by atoms with E-state index in [1.807, 2.05) is 6.07 Å². The fraction of sp³-hybridized carbons (Fsp3) is 0.409. The highest BCUT2D eigenvalue weighted by atomic mass is 16.2. The minimum Gasteiger partial charge on any atom is -0.348 e. The fourth-order valence-electron chi connectivity index (χ4n) is 4.31. The van der Waals surface area contributed by atoms with Crippen LogP contribution in [0.3, 0.4) is 0 Å². The van der Waals surface area contributed by atoms with Crippen LogP contribution in [0.1, 0.15) is 30.1 Å². The molecule has 2 aromatic rings. The molecule has 1 amide bonds. The number of benzene rings is 1. The lowest BCUT2D eigenvalue weighted by Gasteiger charge is -2.40. The number of likely N-dealkylation sites (tertiary alicyclic amines) is 1. The van der Waals surface area contributed by atoms with Gasteiger partial charge >= 0.3 is 0 Å². The second-order valence-corrected chi connectivity index (χ2v) is 7.23. The molecule has 1 fully saturated rings. The van der Waals surface area contributed by atoms with Crippen LogP contribution in [0.5, 0.6) is 0 Å². The van der Waals surface area contributed by atoms with Gasteiger partial charge in [-0.2, -0.15) is 0 Å². The lowest BCUT2D eigenvalue weighted by Crippen LogP contribution is -2.47. The minimum atomic E-state index is 0.0104. The first-order valence-corrected chi connectivity index (χ1v) is 9.44. The van der Waals surface area contributed by atoms with Crippen LogP contribution in [0.4, 0.5) is 0 Å². The van der Waals surface area contributed by atoms with Crippen LogP contribution < -0.4 is 0 Å². The summed E-state index contributed by atoms with van der Waals surface area (Å²) in [5.41, 5.74) is 2.39. The van der Waals surface area contributed by atoms with E-state index in [0.717, 1.165) is 39.0 Å². The average Bonchev–Trinajstić information content (AvgIpc) is 3.17. The van der Waals surface area contributed by atoms with Crippen LogP contribution >= 0.6 is 0 Å². The zero-order valence-electron chi connectivity index (χ0n) is 15.1. The van der Waals surface area contributed by atoms with Crippen LogP contribution in [0.25, 0.3) is 0 Å². The molecule has 1 atom stereocenters. The Labute approximate surface area is 155 Å². The number of terminal acetylenes is 1. The van der Waals surface area contributed by atoms with Crippen LogP contribution in [0.2, 0.25) is 0 Å². The van der Waals surface area contributed by atoms with Gasteiger partial charge in [-0.15, -0.1) is 6.42 Å². The predicted octanol–water partition coefficient (Wildman–Crippen LogP) is 2.76. The fourth-order valence-corrected chi connectivity index (χ4v) is 4.31. The van der Waals surface area contributed by atoms with E-state index in [2.05, 4.69) is 62.9 Å². The maximum Gasteiger partial charge on any atom is 0.226 e. The maximum absolute atomic E-state index is 13.4. The van der Waals surface area contributed by atoms with E-state index in [9.17, 15) is 4.79 Å². The molecule has 26 heavy (non-hydrogen) atoms. The molecule has 134 valence electrons. The Morgan fingerprint density at radius 3 is 2.54 bits per heavy atom. The number of hydrogen-bond donors (Lipinski definition) is 0. The number of carbonyl (C=O) groups is 1. The summed E-state index contributed by atoms with van der Waals surface area (Å²) in [5, 5.41) is 0. The number of aromatic nitrogens is 1. The average molecular weight is 347 g/mol. The molecule has 1 saturated heterocycles. The Balaban J connectivity index is 1.57. The maximum atomic E-state index is 13.4. The second-order valence-electron chi connectivity index (χ2n) is 7.23. The summed E-state index contributed by atoms with van der Waals surface area (Å²) in [7, 11) is 0. The molecule has 2 aliphatic rings. The first-order chi connectivity index (χ1) is 12.8. The van der Waals surface area contributed by atoms with Crippen LogP contribution in [-0.2, 0) is 11.3 Å². The van der Waals surface area contributed by atoms with E-state index in [0.29, 0.717) is 12.5 Å². The number of hydrogen-bond acceptors (Lipinski definition) is 2. The number of piperidine rings is 1. The molecule has 0 saturated carbocycles.